The van der Waals surface area contributed by atoms with Crippen molar-refractivity contribution in [2.75, 3.05) is 13.1 Å². The number of hydrogen-bond acceptors (Lipinski definition) is 3. The van der Waals surface area contributed by atoms with E-state index in [1.54, 1.807) is 0 Å². The van der Waals surface area contributed by atoms with E-state index < -0.39 is 0 Å². The van der Waals surface area contributed by atoms with E-state index in [4.69, 9.17) is 0 Å². The van der Waals surface area contributed by atoms with Gasteiger partial charge in [-0.3, -0.25) is 15.0 Å². The highest BCUT2D eigenvalue weighted by atomic mass is 16.2. The summed E-state index contributed by atoms with van der Waals surface area (Å²) in [6.07, 6.45) is 5.65. The Hall–Kier alpha value is -0.610. The number of nitrogens with zero attached hydrogens (tertiary/aromatic N) is 2. The highest BCUT2D eigenvalue weighted by Gasteiger charge is 2.51. The zero-order valence-corrected chi connectivity index (χ0v) is 14.5. The van der Waals surface area contributed by atoms with Crippen molar-refractivity contribution in [3.8, 4) is 0 Å². The summed E-state index contributed by atoms with van der Waals surface area (Å²) in [5, 5.41) is 3.66. The van der Waals surface area contributed by atoms with Gasteiger partial charge in [-0.15, -0.1) is 0 Å². The van der Waals surface area contributed by atoms with Crippen molar-refractivity contribution in [2.45, 2.75) is 90.5 Å². The van der Waals surface area contributed by atoms with Gasteiger partial charge in [0.1, 0.15) is 0 Å². The van der Waals surface area contributed by atoms with Crippen molar-refractivity contribution in [3.63, 3.8) is 0 Å². The Kier molecular flexibility index (Phi) is 5.31. The van der Waals surface area contributed by atoms with Crippen LogP contribution < -0.4 is 5.32 Å². The zero-order valence-electron chi connectivity index (χ0n) is 14.5. The number of rotatable bonds is 6. The van der Waals surface area contributed by atoms with Gasteiger partial charge in [0.25, 0.3) is 0 Å². The van der Waals surface area contributed by atoms with Gasteiger partial charge in [-0.1, -0.05) is 19.8 Å². The molecule has 4 heteroatoms. The van der Waals surface area contributed by atoms with E-state index in [2.05, 4.69) is 49.7 Å². The zero-order chi connectivity index (χ0) is 15.6. The molecule has 1 N–H and O–H groups in total. The summed E-state index contributed by atoms with van der Waals surface area (Å²) >= 11 is 0. The van der Waals surface area contributed by atoms with Crippen LogP contribution in [0.15, 0.2) is 0 Å². The molecule has 1 atom stereocenters. The standard InChI is InChI=1S/C17H33N3O/c1-6-15-18-17(9-7-8-10-17)16(21)20(15)12-11-19(13(2)3)14(4)5/h13-15,18H,6-12H2,1-5H3. The van der Waals surface area contributed by atoms with Crippen molar-refractivity contribution in [1.29, 1.82) is 0 Å². The first kappa shape index (κ1) is 16.8. The molecule has 1 saturated carbocycles. The highest BCUT2D eigenvalue weighted by Crippen LogP contribution is 2.36. The second-order valence-electron chi connectivity index (χ2n) is 7.28. The monoisotopic (exact) mass is 295 g/mol. The van der Waals surface area contributed by atoms with Gasteiger partial charge in [0.2, 0.25) is 5.91 Å². The maximum atomic E-state index is 12.9. The average molecular weight is 295 g/mol. The van der Waals surface area contributed by atoms with Crippen LogP contribution >= 0.6 is 0 Å². The molecule has 1 aliphatic carbocycles. The van der Waals surface area contributed by atoms with E-state index in [1.807, 2.05) is 0 Å². The molecule has 1 spiro atoms. The summed E-state index contributed by atoms with van der Waals surface area (Å²) in [5.74, 6) is 0.360. The average Bonchev–Trinajstić information content (AvgIpc) is 2.98. The largest absolute Gasteiger partial charge is 0.324 e. The Labute approximate surface area is 130 Å². The summed E-state index contributed by atoms with van der Waals surface area (Å²) in [4.78, 5) is 17.5. The van der Waals surface area contributed by atoms with Crippen LogP contribution in [0, 0.1) is 0 Å². The lowest BCUT2D eigenvalue weighted by atomic mass is 9.98. The molecule has 4 nitrogen and oxygen atoms in total. The first-order chi connectivity index (χ1) is 9.91. The second-order valence-corrected chi connectivity index (χ2v) is 7.28. The minimum Gasteiger partial charge on any atom is -0.324 e. The summed E-state index contributed by atoms with van der Waals surface area (Å²) in [5.41, 5.74) is -0.221. The molecular formula is C17H33N3O. The molecule has 21 heavy (non-hydrogen) atoms. The Bertz CT molecular complexity index is 353. The Morgan fingerprint density at radius 1 is 1.24 bits per heavy atom. The number of carbonyl (C=O) groups is 1. The van der Waals surface area contributed by atoms with Crippen LogP contribution in [-0.4, -0.2) is 52.6 Å². The molecule has 0 aromatic heterocycles. The summed E-state index contributed by atoms with van der Waals surface area (Å²) in [6, 6.07) is 1.05. The van der Waals surface area contributed by atoms with Gasteiger partial charge in [0.15, 0.2) is 0 Å². The number of carbonyl (C=O) groups excluding carboxylic acids is 1. The van der Waals surface area contributed by atoms with Crippen molar-refractivity contribution in [2.24, 2.45) is 0 Å². The quantitative estimate of drug-likeness (QED) is 0.818. The van der Waals surface area contributed by atoms with Gasteiger partial charge < -0.3 is 4.90 Å². The maximum Gasteiger partial charge on any atom is 0.244 e. The summed E-state index contributed by atoms with van der Waals surface area (Å²) < 4.78 is 0. The van der Waals surface area contributed by atoms with Crippen LogP contribution in [0.5, 0.6) is 0 Å². The molecule has 0 bridgehead atoms. The van der Waals surface area contributed by atoms with E-state index in [0.717, 1.165) is 32.4 Å². The normalized spacial score (nSPS) is 25.2. The lowest BCUT2D eigenvalue weighted by molar-refractivity contribution is -0.133. The van der Waals surface area contributed by atoms with Crippen LogP contribution in [0.4, 0.5) is 0 Å². The Morgan fingerprint density at radius 3 is 2.29 bits per heavy atom. The molecule has 0 aromatic rings. The predicted octanol–water partition coefficient (Wildman–Crippen LogP) is 2.59. The molecular weight excluding hydrogens is 262 g/mol. The van der Waals surface area contributed by atoms with E-state index in [1.165, 1.54) is 12.8 Å². The minimum absolute atomic E-state index is 0.221. The number of hydrogen-bond donors (Lipinski definition) is 1. The molecule has 2 rings (SSSR count). The van der Waals surface area contributed by atoms with E-state index in [-0.39, 0.29) is 11.7 Å². The highest BCUT2D eigenvalue weighted by molar-refractivity contribution is 5.89. The predicted molar refractivity (Wildman–Crippen MR) is 87.1 cm³/mol. The molecule has 1 aliphatic heterocycles. The second kappa shape index (κ2) is 6.66. The fourth-order valence-corrected chi connectivity index (χ4v) is 4.13. The lowest BCUT2D eigenvalue weighted by Crippen LogP contribution is -2.46. The van der Waals surface area contributed by atoms with Gasteiger partial charge in [-0.2, -0.15) is 0 Å². The summed E-state index contributed by atoms with van der Waals surface area (Å²) in [7, 11) is 0. The third-order valence-corrected chi connectivity index (χ3v) is 5.26. The maximum absolute atomic E-state index is 12.9. The minimum atomic E-state index is -0.221. The third kappa shape index (κ3) is 3.26. The fourth-order valence-electron chi connectivity index (χ4n) is 4.13. The summed E-state index contributed by atoms with van der Waals surface area (Å²) in [6.45, 7) is 12.9. The molecule has 2 fully saturated rings. The molecule has 1 heterocycles. The first-order valence-electron chi connectivity index (χ1n) is 8.76. The van der Waals surface area contributed by atoms with Gasteiger partial charge >= 0.3 is 0 Å². The third-order valence-electron chi connectivity index (χ3n) is 5.26. The van der Waals surface area contributed by atoms with Gasteiger partial charge in [-0.25, -0.2) is 0 Å². The lowest BCUT2D eigenvalue weighted by Gasteiger charge is -2.33. The van der Waals surface area contributed by atoms with E-state index >= 15 is 0 Å². The smallest absolute Gasteiger partial charge is 0.244 e. The van der Waals surface area contributed by atoms with Crippen LogP contribution in [0.2, 0.25) is 0 Å². The molecule has 1 saturated heterocycles. The van der Waals surface area contributed by atoms with Crippen molar-refractivity contribution in [1.82, 2.24) is 15.1 Å². The van der Waals surface area contributed by atoms with Crippen LogP contribution in [-0.2, 0) is 4.79 Å². The Morgan fingerprint density at radius 2 is 1.81 bits per heavy atom. The van der Waals surface area contributed by atoms with Crippen molar-refractivity contribution in [3.05, 3.63) is 0 Å². The fraction of sp³-hybridized carbons (Fsp3) is 0.941. The number of nitrogens with one attached hydrogen (secondary N) is 1. The van der Waals surface area contributed by atoms with Crippen molar-refractivity contribution >= 4 is 5.91 Å². The molecule has 122 valence electrons. The topological polar surface area (TPSA) is 35.6 Å². The van der Waals surface area contributed by atoms with E-state index in [0.29, 0.717) is 18.0 Å². The Balaban J connectivity index is 2.02. The molecule has 2 aliphatic rings. The van der Waals surface area contributed by atoms with Gasteiger partial charge in [0, 0.05) is 25.2 Å². The van der Waals surface area contributed by atoms with Crippen LogP contribution in [0.3, 0.4) is 0 Å². The molecule has 0 radical (unpaired) electrons. The number of amides is 1. The first-order valence-corrected chi connectivity index (χ1v) is 8.76. The van der Waals surface area contributed by atoms with Crippen molar-refractivity contribution < 1.29 is 4.79 Å². The van der Waals surface area contributed by atoms with Crippen LogP contribution in [0.1, 0.15) is 66.7 Å². The van der Waals surface area contributed by atoms with Gasteiger partial charge in [-0.05, 0) is 47.0 Å². The molecule has 0 aromatic carbocycles. The SMILES string of the molecule is CCC1NC2(CCCC2)C(=O)N1CCN(C(C)C)C(C)C. The molecule has 1 unspecified atom stereocenters. The molecule has 1 amide bonds. The van der Waals surface area contributed by atoms with Crippen LogP contribution in [0.25, 0.3) is 0 Å². The van der Waals surface area contributed by atoms with E-state index in [9.17, 15) is 4.79 Å². The van der Waals surface area contributed by atoms with Gasteiger partial charge in [0.05, 0.1) is 11.7 Å².